The molecule has 2 aromatic carbocycles. The number of hydrogen-bond donors (Lipinski definition) is 2. The summed E-state index contributed by atoms with van der Waals surface area (Å²) in [6.45, 7) is 6.98. The Labute approximate surface area is 150 Å². The third-order valence-corrected chi connectivity index (χ3v) is 4.63. The molecule has 0 radical (unpaired) electrons. The number of carbonyl (C=O) groups excluding carboxylic acids is 1. The topological polar surface area (TPSA) is 44.4 Å². The maximum absolute atomic E-state index is 12.7. The molecule has 1 amide bonds. The first-order valence-corrected chi connectivity index (χ1v) is 9.17. The van der Waals surface area contributed by atoms with Crippen molar-refractivity contribution in [1.82, 2.24) is 10.2 Å². The fraction of sp³-hybridized carbons (Fsp3) is 0.381. The van der Waals surface area contributed by atoms with Crippen LogP contribution in [-0.2, 0) is 13.1 Å². The molecule has 0 unspecified atom stereocenters. The molecule has 2 N–H and O–H groups in total. The van der Waals surface area contributed by atoms with E-state index in [1.54, 1.807) is 0 Å². The molecule has 3 rings (SSSR count). The number of para-hydroxylation sites is 1. The van der Waals surface area contributed by atoms with Gasteiger partial charge in [-0.2, -0.15) is 0 Å². The minimum atomic E-state index is -0.0489. The van der Waals surface area contributed by atoms with Crippen LogP contribution in [0.1, 0.15) is 41.3 Å². The minimum Gasteiger partial charge on any atom is -0.322 e. The highest BCUT2D eigenvalue weighted by atomic mass is 16.1. The molecule has 1 fully saturated rings. The summed E-state index contributed by atoms with van der Waals surface area (Å²) in [6, 6.07) is 15.9. The van der Waals surface area contributed by atoms with Crippen molar-refractivity contribution < 1.29 is 4.79 Å². The monoisotopic (exact) mass is 337 g/mol. The lowest BCUT2D eigenvalue weighted by Crippen LogP contribution is -2.19. The molecule has 0 atom stereocenters. The summed E-state index contributed by atoms with van der Waals surface area (Å²) in [6.07, 6.45) is 2.56. The summed E-state index contributed by atoms with van der Waals surface area (Å²) >= 11 is 0. The van der Waals surface area contributed by atoms with Gasteiger partial charge in [-0.05, 0) is 61.8 Å². The van der Waals surface area contributed by atoms with Crippen LogP contribution in [0.25, 0.3) is 0 Å². The first-order valence-electron chi connectivity index (χ1n) is 9.17. The van der Waals surface area contributed by atoms with Crippen LogP contribution in [0.15, 0.2) is 48.5 Å². The average Bonchev–Trinajstić information content (AvgIpc) is 3.14. The van der Waals surface area contributed by atoms with Crippen LogP contribution >= 0.6 is 0 Å². The number of rotatable bonds is 7. The van der Waals surface area contributed by atoms with E-state index in [1.165, 1.54) is 18.4 Å². The number of benzene rings is 2. The number of anilines is 1. The van der Waals surface area contributed by atoms with Crippen LogP contribution in [-0.4, -0.2) is 30.4 Å². The smallest absolute Gasteiger partial charge is 0.255 e. The molecule has 1 saturated heterocycles. The molecule has 132 valence electrons. The third-order valence-electron chi connectivity index (χ3n) is 4.63. The van der Waals surface area contributed by atoms with E-state index in [9.17, 15) is 4.79 Å². The molecular formula is C21H27N3O. The van der Waals surface area contributed by atoms with Crippen LogP contribution in [0.3, 0.4) is 0 Å². The second-order valence-corrected chi connectivity index (χ2v) is 6.58. The molecule has 1 aliphatic heterocycles. The van der Waals surface area contributed by atoms with Crippen molar-refractivity contribution in [2.75, 3.05) is 25.0 Å². The predicted molar refractivity (Wildman–Crippen MR) is 103 cm³/mol. The van der Waals surface area contributed by atoms with E-state index in [2.05, 4.69) is 28.5 Å². The van der Waals surface area contributed by atoms with Crippen molar-refractivity contribution in [3.05, 3.63) is 65.2 Å². The van der Waals surface area contributed by atoms with E-state index in [0.717, 1.165) is 49.5 Å². The number of amides is 1. The van der Waals surface area contributed by atoms with Gasteiger partial charge in [0.25, 0.3) is 5.91 Å². The van der Waals surface area contributed by atoms with Gasteiger partial charge in [-0.3, -0.25) is 9.69 Å². The minimum absolute atomic E-state index is 0.0489. The number of nitrogens with one attached hydrogen (secondary N) is 2. The standard InChI is InChI=1S/C21H27N3O/c1-2-22-15-19-9-3-4-11-20(19)23-21(25)18-10-7-8-17(14-18)16-24-12-5-6-13-24/h3-4,7-11,14,22H,2,5-6,12-13,15-16H2,1H3,(H,23,25). The van der Waals surface area contributed by atoms with Gasteiger partial charge in [0, 0.05) is 24.3 Å². The van der Waals surface area contributed by atoms with E-state index in [4.69, 9.17) is 0 Å². The van der Waals surface area contributed by atoms with Gasteiger partial charge in [0.1, 0.15) is 0 Å². The Balaban J connectivity index is 1.69. The highest BCUT2D eigenvalue weighted by Crippen LogP contribution is 2.18. The summed E-state index contributed by atoms with van der Waals surface area (Å²) in [5.74, 6) is -0.0489. The molecule has 1 heterocycles. The number of hydrogen-bond acceptors (Lipinski definition) is 3. The summed E-state index contributed by atoms with van der Waals surface area (Å²) < 4.78 is 0. The van der Waals surface area contributed by atoms with Crippen molar-refractivity contribution in [3.63, 3.8) is 0 Å². The Hall–Kier alpha value is -2.17. The Morgan fingerprint density at radius 1 is 1.08 bits per heavy atom. The van der Waals surface area contributed by atoms with Crippen LogP contribution in [0.4, 0.5) is 5.69 Å². The van der Waals surface area contributed by atoms with Gasteiger partial charge in [-0.25, -0.2) is 0 Å². The molecule has 4 heteroatoms. The Morgan fingerprint density at radius 2 is 1.88 bits per heavy atom. The Kier molecular flexibility index (Phi) is 6.20. The highest BCUT2D eigenvalue weighted by molar-refractivity contribution is 6.04. The second-order valence-electron chi connectivity index (χ2n) is 6.58. The van der Waals surface area contributed by atoms with E-state index in [0.29, 0.717) is 0 Å². The van der Waals surface area contributed by atoms with Crippen molar-refractivity contribution in [1.29, 1.82) is 0 Å². The average molecular weight is 337 g/mol. The fourth-order valence-corrected chi connectivity index (χ4v) is 3.26. The summed E-state index contributed by atoms with van der Waals surface area (Å²) in [5.41, 5.74) is 3.90. The third kappa shape index (κ3) is 4.91. The van der Waals surface area contributed by atoms with Crippen molar-refractivity contribution in [3.8, 4) is 0 Å². The molecule has 0 spiro atoms. The lowest BCUT2D eigenvalue weighted by atomic mass is 10.1. The fourth-order valence-electron chi connectivity index (χ4n) is 3.26. The van der Waals surface area contributed by atoms with Gasteiger partial charge in [0.05, 0.1) is 0 Å². The Morgan fingerprint density at radius 3 is 2.68 bits per heavy atom. The zero-order valence-electron chi connectivity index (χ0n) is 14.9. The molecule has 0 aromatic heterocycles. The molecule has 0 saturated carbocycles. The maximum atomic E-state index is 12.7. The lowest BCUT2D eigenvalue weighted by Gasteiger charge is -2.15. The van der Waals surface area contributed by atoms with E-state index >= 15 is 0 Å². The van der Waals surface area contributed by atoms with Gasteiger partial charge >= 0.3 is 0 Å². The van der Waals surface area contributed by atoms with Gasteiger partial charge < -0.3 is 10.6 Å². The second kappa shape index (κ2) is 8.79. The number of carbonyl (C=O) groups is 1. The van der Waals surface area contributed by atoms with Gasteiger partial charge in [0.2, 0.25) is 0 Å². The summed E-state index contributed by atoms with van der Waals surface area (Å²) in [5, 5.41) is 6.37. The first kappa shape index (κ1) is 17.6. The normalized spacial score (nSPS) is 14.6. The highest BCUT2D eigenvalue weighted by Gasteiger charge is 2.13. The van der Waals surface area contributed by atoms with E-state index in [-0.39, 0.29) is 5.91 Å². The largest absolute Gasteiger partial charge is 0.322 e. The van der Waals surface area contributed by atoms with Crippen LogP contribution < -0.4 is 10.6 Å². The maximum Gasteiger partial charge on any atom is 0.255 e. The van der Waals surface area contributed by atoms with Crippen LogP contribution in [0, 0.1) is 0 Å². The van der Waals surface area contributed by atoms with Gasteiger partial charge in [0.15, 0.2) is 0 Å². The SMILES string of the molecule is CCNCc1ccccc1NC(=O)c1cccc(CN2CCCC2)c1. The summed E-state index contributed by atoms with van der Waals surface area (Å²) in [7, 11) is 0. The zero-order valence-corrected chi connectivity index (χ0v) is 14.9. The van der Waals surface area contributed by atoms with E-state index in [1.807, 2.05) is 42.5 Å². The Bertz CT molecular complexity index is 708. The predicted octanol–water partition coefficient (Wildman–Crippen LogP) is 3.64. The molecule has 0 aliphatic carbocycles. The van der Waals surface area contributed by atoms with Crippen LogP contribution in [0.2, 0.25) is 0 Å². The van der Waals surface area contributed by atoms with E-state index < -0.39 is 0 Å². The quantitative estimate of drug-likeness (QED) is 0.811. The molecule has 25 heavy (non-hydrogen) atoms. The van der Waals surface area contributed by atoms with Crippen molar-refractivity contribution in [2.24, 2.45) is 0 Å². The molecule has 0 bridgehead atoms. The zero-order chi connectivity index (χ0) is 17.5. The van der Waals surface area contributed by atoms with Crippen molar-refractivity contribution >= 4 is 11.6 Å². The number of likely N-dealkylation sites (tertiary alicyclic amines) is 1. The lowest BCUT2D eigenvalue weighted by molar-refractivity contribution is 0.102. The van der Waals surface area contributed by atoms with Crippen LogP contribution in [0.5, 0.6) is 0 Å². The summed E-state index contributed by atoms with van der Waals surface area (Å²) in [4.78, 5) is 15.1. The van der Waals surface area contributed by atoms with Gasteiger partial charge in [-0.1, -0.05) is 37.3 Å². The van der Waals surface area contributed by atoms with Crippen molar-refractivity contribution in [2.45, 2.75) is 32.9 Å². The van der Waals surface area contributed by atoms with Gasteiger partial charge in [-0.15, -0.1) is 0 Å². The molecule has 1 aliphatic rings. The molecule has 4 nitrogen and oxygen atoms in total. The molecular weight excluding hydrogens is 310 g/mol. The first-order chi connectivity index (χ1) is 12.3. The number of nitrogens with zero attached hydrogens (tertiary/aromatic N) is 1. The molecule has 2 aromatic rings.